The molecule has 0 atom stereocenters. The third-order valence-electron chi connectivity index (χ3n) is 4.73. The SMILES string of the molecule is CC1CCC(NC(=O)c2cnc3c(C(F)(F)F)cccc3c2Cl)CC1. The van der Waals surface area contributed by atoms with E-state index in [1.165, 1.54) is 12.1 Å². The van der Waals surface area contributed by atoms with Crippen molar-refractivity contribution < 1.29 is 18.0 Å². The molecule has 0 radical (unpaired) electrons. The molecule has 25 heavy (non-hydrogen) atoms. The van der Waals surface area contributed by atoms with Gasteiger partial charge in [0.05, 0.1) is 21.7 Å². The summed E-state index contributed by atoms with van der Waals surface area (Å²) in [6, 6.07) is 3.73. The van der Waals surface area contributed by atoms with Gasteiger partial charge >= 0.3 is 6.18 Å². The fourth-order valence-electron chi connectivity index (χ4n) is 3.25. The number of nitrogens with zero attached hydrogens (tertiary/aromatic N) is 1. The first kappa shape index (κ1) is 18.0. The van der Waals surface area contributed by atoms with E-state index in [-0.39, 0.29) is 27.5 Å². The number of hydrogen-bond acceptors (Lipinski definition) is 2. The predicted octanol–water partition coefficient (Wildman–Crippen LogP) is 5.22. The van der Waals surface area contributed by atoms with Crippen molar-refractivity contribution in [2.45, 2.75) is 44.8 Å². The highest BCUT2D eigenvalue weighted by Gasteiger charge is 2.34. The Kier molecular flexibility index (Phi) is 4.91. The number of carbonyl (C=O) groups is 1. The van der Waals surface area contributed by atoms with Crippen LogP contribution in [0.4, 0.5) is 13.2 Å². The van der Waals surface area contributed by atoms with Crippen molar-refractivity contribution in [2.24, 2.45) is 5.92 Å². The van der Waals surface area contributed by atoms with Crippen LogP contribution in [-0.2, 0) is 6.18 Å². The maximum atomic E-state index is 13.1. The second kappa shape index (κ2) is 6.83. The molecule has 1 aromatic heterocycles. The average Bonchev–Trinajstić information content (AvgIpc) is 2.56. The smallest absolute Gasteiger partial charge is 0.349 e. The quantitative estimate of drug-likeness (QED) is 0.787. The number of rotatable bonds is 2. The van der Waals surface area contributed by atoms with Crippen LogP contribution in [0, 0.1) is 5.92 Å². The lowest BCUT2D eigenvalue weighted by Crippen LogP contribution is -2.37. The van der Waals surface area contributed by atoms with Gasteiger partial charge < -0.3 is 5.32 Å². The second-order valence-corrected chi connectivity index (χ2v) is 6.99. The highest BCUT2D eigenvalue weighted by atomic mass is 35.5. The molecule has 0 saturated heterocycles. The topological polar surface area (TPSA) is 42.0 Å². The zero-order valence-corrected chi connectivity index (χ0v) is 14.4. The number of para-hydroxylation sites is 1. The number of fused-ring (bicyclic) bond motifs is 1. The van der Waals surface area contributed by atoms with E-state index in [0.717, 1.165) is 37.9 Å². The van der Waals surface area contributed by atoms with Crippen LogP contribution in [0.1, 0.15) is 48.5 Å². The van der Waals surface area contributed by atoms with Gasteiger partial charge in [0.25, 0.3) is 5.91 Å². The van der Waals surface area contributed by atoms with Crippen LogP contribution < -0.4 is 5.32 Å². The summed E-state index contributed by atoms with van der Waals surface area (Å²) in [5.74, 6) is 0.260. The lowest BCUT2D eigenvalue weighted by molar-refractivity contribution is -0.136. The van der Waals surface area contributed by atoms with Crippen LogP contribution in [0.15, 0.2) is 24.4 Å². The van der Waals surface area contributed by atoms with Crippen molar-refractivity contribution in [2.75, 3.05) is 0 Å². The molecule has 1 heterocycles. The molecule has 1 aliphatic carbocycles. The summed E-state index contributed by atoms with van der Waals surface area (Å²) in [6.45, 7) is 2.18. The molecule has 7 heteroatoms. The zero-order chi connectivity index (χ0) is 18.2. The molecule has 3 rings (SSSR count). The number of halogens is 4. The molecule has 2 aromatic rings. The number of nitrogens with one attached hydrogen (secondary N) is 1. The van der Waals surface area contributed by atoms with Gasteiger partial charge in [-0.15, -0.1) is 0 Å². The van der Waals surface area contributed by atoms with E-state index in [4.69, 9.17) is 11.6 Å². The Balaban J connectivity index is 1.90. The summed E-state index contributed by atoms with van der Waals surface area (Å²) in [5, 5.41) is 3.04. The lowest BCUT2D eigenvalue weighted by Gasteiger charge is -2.27. The largest absolute Gasteiger partial charge is 0.418 e. The molecule has 0 aliphatic heterocycles. The van der Waals surface area contributed by atoms with Gasteiger partial charge in [-0.05, 0) is 37.7 Å². The van der Waals surface area contributed by atoms with Gasteiger partial charge in [0.1, 0.15) is 0 Å². The molecule has 3 nitrogen and oxygen atoms in total. The highest BCUT2D eigenvalue weighted by Crippen LogP contribution is 2.36. The molecule has 0 unspecified atom stereocenters. The summed E-state index contributed by atoms with van der Waals surface area (Å²) in [6.07, 6.45) is 0.472. The maximum Gasteiger partial charge on any atom is 0.418 e. The van der Waals surface area contributed by atoms with Gasteiger partial charge in [-0.25, -0.2) is 0 Å². The number of aromatic nitrogens is 1. The summed E-state index contributed by atoms with van der Waals surface area (Å²) >= 11 is 6.23. The molecule has 0 bridgehead atoms. The molecular formula is C18H18ClF3N2O. The van der Waals surface area contributed by atoms with Crippen LogP contribution in [0.25, 0.3) is 10.9 Å². The van der Waals surface area contributed by atoms with Crippen molar-refractivity contribution in [3.63, 3.8) is 0 Å². The van der Waals surface area contributed by atoms with Crippen LogP contribution in [0.3, 0.4) is 0 Å². The Labute approximate surface area is 148 Å². The van der Waals surface area contributed by atoms with Gasteiger partial charge in [-0.3, -0.25) is 9.78 Å². The van der Waals surface area contributed by atoms with Crippen LogP contribution in [0.2, 0.25) is 5.02 Å². The Bertz CT molecular complexity index is 799. The van der Waals surface area contributed by atoms with Crippen molar-refractivity contribution in [3.05, 3.63) is 40.5 Å². The number of carbonyl (C=O) groups excluding carboxylic acids is 1. The maximum absolute atomic E-state index is 13.1. The van der Waals surface area contributed by atoms with Crippen molar-refractivity contribution in [3.8, 4) is 0 Å². The standard InChI is InChI=1S/C18H18ClF3N2O/c1-10-5-7-11(8-6-10)24-17(25)13-9-23-16-12(15(13)19)3-2-4-14(16)18(20,21)22/h2-4,9-11H,5-8H2,1H3,(H,24,25). The summed E-state index contributed by atoms with van der Waals surface area (Å²) in [7, 11) is 0. The lowest BCUT2D eigenvalue weighted by atomic mass is 9.87. The molecule has 1 fully saturated rings. The minimum absolute atomic E-state index is 0.00206. The molecule has 1 amide bonds. The fourth-order valence-corrected chi connectivity index (χ4v) is 3.53. The second-order valence-electron chi connectivity index (χ2n) is 6.62. The van der Waals surface area contributed by atoms with E-state index in [9.17, 15) is 18.0 Å². The molecule has 134 valence electrons. The molecule has 1 N–H and O–H groups in total. The monoisotopic (exact) mass is 370 g/mol. The zero-order valence-electron chi connectivity index (χ0n) is 13.7. The van der Waals surface area contributed by atoms with Crippen LogP contribution >= 0.6 is 11.6 Å². The first-order chi connectivity index (χ1) is 11.8. The van der Waals surface area contributed by atoms with Gasteiger partial charge in [0.15, 0.2) is 0 Å². The normalized spacial score (nSPS) is 21.3. The van der Waals surface area contributed by atoms with Crippen molar-refractivity contribution in [1.29, 1.82) is 0 Å². The third kappa shape index (κ3) is 3.73. The van der Waals surface area contributed by atoms with E-state index in [1.807, 2.05) is 0 Å². The Morgan fingerprint density at radius 2 is 1.92 bits per heavy atom. The van der Waals surface area contributed by atoms with E-state index in [2.05, 4.69) is 17.2 Å². The molecule has 1 saturated carbocycles. The summed E-state index contributed by atoms with van der Waals surface area (Å²) in [4.78, 5) is 16.4. The van der Waals surface area contributed by atoms with Crippen molar-refractivity contribution >= 4 is 28.4 Å². The first-order valence-electron chi connectivity index (χ1n) is 8.22. The molecule has 1 aliphatic rings. The summed E-state index contributed by atoms with van der Waals surface area (Å²) < 4.78 is 39.3. The van der Waals surface area contributed by atoms with E-state index < -0.39 is 17.6 Å². The number of alkyl halides is 3. The van der Waals surface area contributed by atoms with Crippen LogP contribution in [-0.4, -0.2) is 16.9 Å². The number of amides is 1. The number of benzene rings is 1. The van der Waals surface area contributed by atoms with E-state index in [1.54, 1.807) is 0 Å². The van der Waals surface area contributed by atoms with Crippen molar-refractivity contribution in [1.82, 2.24) is 10.3 Å². The highest BCUT2D eigenvalue weighted by molar-refractivity contribution is 6.38. The first-order valence-corrected chi connectivity index (χ1v) is 8.60. The Morgan fingerprint density at radius 1 is 1.24 bits per heavy atom. The van der Waals surface area contributed by atoms with Gasteiger partial charge in [0, 0.05) is 17.6 Å². The predicted molar refractivity (Wildman–Crippen MR) is 90.6 cm³/mol. The molecular weight excluding hydrogens is 353 g/mol. The third-order valence-corrected chi connectivity index (χ3v) is 5.14. The van der Waals surface area contributed by atoms with Crippen LogP contribution in [0.5, 0.6) is 0 Å². The number of pyridine rings is 1. The van der Waals surface area contributed by atoms with Gasteiger partial charge in [-0.2, -0.15) is 13.2 Å². The van der Waals surface area contributed by atoms with Gasteiger partial charge in [0.2, 0.25) is 0 Å². The minimum atomic E-state index is -4.53. The van der Waals surface area contributed by atoms with Gasteiger partial charge in [-0.1, -0.05) is 30.7 Å². The van der Waals surface area contributed by atoms with E-state index >= 15 is 0 Å². The number of hydrogen-bond donors (Lipinski definition) is 1. The molecule has 1 aromatic carbocycles. The average molecular weight is 371 g/mol. The Morgan fingerprint density at radius 3 is 2.56 bits per heavy atom. The summed E-state index contributed by atoms with van der Waals surface area (Å²) in [5.41, 5.74) is -1.00. The van der Waals surface area contributed by atoms with E-state index in [0.29, 0.717) is 5.92 Å². The minimum Gasteiger partial charge on any atom is -0.349 e. The molecule has 0 spiro atoms. The fraction of sp³-hybridized carbons (Fsp3) is 0.444. The Hall–Kier alpha value is -1.82.